The zero-order valence-electron chi connectivity index (χ0n) is 13.9. The van der Waals surface area contributed by atoms with E-state index in [2.05, 4.69) is 5.32 Å². The lowest BCUT2D eigenvalue weighted by Gasteiger charge is -2.25. The van der Waals surface area contributed by atoms with Crippen molar-refractivity contribution in [3.05, 3.63) is 34.9 Å². The van der Waals surface area contributed by atoms with Gasteiger partial charge in [0.2, 0.25) is 5.91 Å². The van der Waals surface area contributed by atoms with Crippen LogP contribution in [0.4, 0.5) is 0 Å². The smallest absolute Gasteiger partial charge is 0.254 e. The largest absolute Gasteiger partial charge is 0.350 e. The van der Waals surface area contributed by atoms with Gasteiger partial charge in [0.15, 0.2) is 0 Å². The zero-order valence-corrected chi connectivity index (χ0v) is 13.9. The highest BCUT2D eigenvalue weighted by Gasteiger charge is 2.21. The van der Waals surface area contributed by atoms with Crippen LogP contribution in [0.15, 0.2) is 18.2 Å². The summed E-state index contributed by atoms with van der Waals surface area (Å²) in [6.07, 6.45) is 0. The van der Waals surface area contributed by atoms with Gasteiger partial charge < -0.3 is 10.2 Å². The second-order valence-corrected chi connectivity index (χ2v) is 6.44. The van der Waals surface area contributed by atoms with Crippen LogP contribution in [-0.4, -0.2) is 35.3 Å². The maximum Gasteiger partial charge on any atom is 0.254 e. The maximum absolute atomic E-state index is 12.6. The van der Waals surface area contributed by atoms with Crippen molar-refractivity contribution in [3.8, 4) is 0 Å². The minimum atomic E-state index is -0.292. The standard InChI is InChI=1S/C17H26N2O2/c1-7-19(11-15(20)18-17(4,5)6)16(21)14-9-8-12(2)10-13(14)3/h8-10H,7,11H2,1-6H3,(H,18,20). The van der Waals surface area contributed by atoms with E-state index in [1.54, 1.807) is 4.90 Å². The van der Waals surface area contributed by atoms with Gasteiger partial charge in [-0.2, -0.15) is 0 Å². The average molecular weight is 290 g/mol. The van der Waals surface area contributed by atoms with E-state index in [9.17, 15) is 9.59 Å². The summed E-state index contributed by atoms with van der Waals surface area (Å²) in [4.78, 5) is 26.1. The number of hydrogen-bond donors (Lipinski definition) is 1. The Labute approximate surface area is 127 Å². The molecular weight excluding hydrogens is 264 g/mol. The summed E-state index contributed by atoms with van der Waals surface area (Å²) in [7, 11) is 0. The Hall–Kier alpha value is -1.84. The Morgan fingerprint density at radius 3 is 2.29 bits per heavy atom. The summed E-state index contributed by atoms with van der Waals surface area (Å²) in [6, 6.07) is 5.73. The van der Waals surface area contributed by atoms with Gasteiger partial charge in [-0.05, 0) is 53.2 Å². The molecule has 116 valence electrons. The fourth-order valence-electron chi connectivity index (χ4n) is 2.18. The molecule has 1 N–H and O–H groups in total. The molecule has 0 aliphatic rings. The molecule has 0 heterocycles. The van der Waals surface area contributed by atoms with Crippen LogP contribution in [0.1, 0.15) is 49.2 Å². The van der Waals surface area contributed by atoms with Crippen LogP contribution in [-0.2, 0) is 4.79 Å². The molecule has 0 fully saturated rings. The molecule has 1 aromatic carbocycles. The molecule has 0 bridgehead atoms. The van der Waals surface area contributed by atoms with Gasteiger partial charge in [0.05, 0.1) is 6.54 Å². The number of likely N-dealkylation sites (N-methyl/N-ethyl adjacent to an activating group) is 1. The Bertz CT molecular complexity index is 530. The van der Waals surface area contributed by atoms with E-state index >= 15 is 0 Å². The molecule has 0 aromatic heterocycles. The topological polar surface area (TPSA) is 49.4 Å². The minimum absolute atomic E-state index is 0.0833. The molecule has 4 nitrogen and oxygen atoms in total. The SMILES string of the molecule is CCN(CC(=O)NC(C)(C)C)C(=O)c1ccc(C)cc1C. The number of rotatable bonds is 4. The number of nitrogens with zero attached hydrogens (tertiary/aromatic N) is 1. The fraction of sp³-hybridized carbons (Fsp3) is 0.529. The van der Waals surface area contributed by atoms with E-state index < -0.39 is 0 Å². The second kappa shape index (κ2) is 6.74. The van der Waals surface area contributed by atoms with E-state index in [0.29, 0.717) is 12.1 Å². The van der Waals surface area contributed by atoms with Crippen LogP contribution < -0.4 is 5.32 Å². The highest BCUT2D eigenvalue weighted by atomic mass is 16.2. The van der Waals surface area contributed by atoms with Gasteiger partial charge >= 0.3 is 0 Å². The Morgan fingerprint density at radius 2 is 1.81 bits per heavy atom. The van der Waals surface area contributed by atoms with Gasteiger partial charge in [0, 0.05) is 17.6 Å². The first-order valence-electron chi connectivity index (χ1n) is 7.31. The third-order valence-corrected chi connectivity index (χ3v) is 3.13. The molecule has 4 heteroatoms. The molecule has 1 rings (SSSR count). The number of nitrogens with one attached hydrogen (secondary N) is 1. The summed E-state index contributed by atoms with van der Waals surface area (Å²) >= 11 is 0. The monoisotopic (exact) mass is 290 g/mol. The predicted molar refractivity (Wildman–Crippen MR) is 85.4 cm³/mol. The first-order valence-corrected chi connectivity index (χ1v) is 7.31. The van der Waals surface area contributed by atoms with Crippen LogP contribution in [0, 0.1) is 13.8 Å². The van der Waals surface area contributed by atoms with Crippen LogP contribution in [0.3, 0.4) is 0 Å². The van der Waals surface area contributed by atoms with Crippen LogP contribution in [0.5, 0.6) is 0 Å². The third-order valence-electron chi connectivity index (χ3n) is 3.13. The fourth-order valence-corrected chi connectivity index (χ4v) is 2.18. The number of aryl methyl sites for hydroxylation is 2. The molecule has 0 aliphatic heterocycles. The Kier molecular flexibility index (Phi) is 5.53. The lowest BCUT2D eigenvalue weighted by Crippen LogP contribution is -2.47. The molecule has 0 atom stereocenters. The molecule has 0 saturated carbocycles. The molecule has 2 amide bonds. The van der Waals surface area contributed by atoms with Gasteiger partial charge in [0.1, 0.15) is 0 Å². The molecule has 0 radical (unpaired) electrons. The second-order valence-electron chi connectivity index (χ2n) is 6.44. The van der Waals surface area contributed by atoms with Crippen molar-refractivity contribution >= 4 is 11.8 Å². The summed E-state index contributed by atoms with van der Waals surface area (Å²) in [5.74, 6) is -0.235. The molecule has 1 aromatic rings. The molecular formula is C17H26N2O2. The van der Waals surface area contributed by atoms with Crippen molar-refractivity contribution in [2.24, 2.45) is 0 Å². The lowest BCUT2D eigenvalue weighted by molar-refractivity contribution is -0.123. The highest BCUT2D eigenvalue weighted by Crippen LogP contribution is 2.13. The van der Waals surface area contributed by atoms with Crippen LogP contribution in [0.25, 0.3) is 0 Å². The maximum atomic E-state index is 12.6. The highest BCUT2D eigenvalue weighted by molar-refractivity contribution is 5.97. The minimum Gasteiger partial charge on any atom is -0.350 e. The summed E-state index contributed by atoms with van der Waals surface area (Å²) in [5, 5.41) is 2.88. The van der Waals surface area contributed by atoms with Crippen molar-refractivity contribution in [3.63, 3.8) is 0 Å². The van der Waals surface area contributed by atoms with Crippen molar-refractivity contribution < 1.29 is 9.59 Å². The number of benzene rings is 1. The Balaban J connectivity index is 2.84. The number of amides is 2. The van der Waals surface area contributed by atoms with Crippen LogP contribution >= 0.6 is 0 Å². The molecule has 21 heavy (non-hydrogen) atoms. The van der Waals surface area contributed by atoms with Crippen molar-refractivity contribution in [1.82, 2.24) is 10.2 Å². The van der Waals surface area contributed by atoms with Gasteiger partial charge in [-0.1, -0.05) is 17.7 Å². The van der Waals surface area contributed by atoms with E-state index in [1.807, 2.05) is 59.7 Å². The average Bonchev–Trinajstić information content (AvgIpc) is 2.33. The molecule has 0 aliphatic carbocycles. The first-order chi connectivity index (χ1) is 9.64. The quantitative estimate of drug-likeness (QED) is 0.927. The van der Waals surface area contributed by atoms with Crippen LogP contribution in [0.2, 0.25) is 0 Å². The number of hydrogen-bond acceptors (Lipinski definition) is 2. The number of carbonyl (C=O) groups excluding carboxylic acids is 2. The first kappa shape index (κ1) is 17.2. The number of carbonyl (C=O) groups is 2. The summed E-state index contributed by atoms with van der Waals surface area (Å²) < 4.78 is 0. The molecule has 0 saturated heterocycles. The molecule has 0 spiro atoms. The van der Waals surface area contributed by atoms with E-state index in [1.165, 1.54) is 0 Å². The van der Waals surface area contributed by atoms with E-state index in [-0.39, 0.29) is 23.9 Å². The van der Waals surface area contributed by atoms with Gasteiger partial charge in [-0.25, -0.2) is 0 Å². The predicted octanol–water partition coefficient (Wildman–Crippen LogP) is 2.68. The molecule has 0 unspecified atom stereocenters. The Morgan fingerprint density at radius 1 is 1.19 bits per heavy atom. The summed E-state index contributed by atoms with van der Waals surface area (Å²) in [6.45, 7) is 12.2. The normalized spacial score (nSPS) is 11.1. The van der Waals surface area contributed by atoms with Gasteiger partial charge in [-0.15, -0.1) is 0 Å². The lowest BCUT2D eigenvalue weighted by atomic mass is 10.0. The van der Waals surface area contributed by atoms with Gasteiger partial charge in [0.25, 0.3) is 5.91 Å². The van der Waals surface area contributed by atoms with Gasteiger partial charge in [-0.3, -0.25) is 9.59 Å². The van der Waals surface area contributed by atoms with Crippen molar-refractivity contribution in [2.45, 2.75) is 47.1 Å². The van der Waals surface area contributed by atoms with E-state index in [4.69, 9.17) is 0 Å². The summed E-state index contributed by atoms with van der Waals surface area (Å²) in [5.41, 5.74) is 2.43. The zero-order chi connectivity index (χ0) is 16.2. The van der Waals surface area contributed by atoms with Crippen molar-refractivity contribution in [2.75, 3.05) is 13.1 Å². The van der Waals surface area contributed by atoms with Crippen molar-refractivity contribution in [1.29, 1.82) is 0 Å². The third kappa shape index (κ3) is 5.21. The van der Waals surface area contributed by atoms with E-state index in [0.717, 1.165) is 11.1 Å².